The summed E-state index contributed by atoms with van der Waals surface area (Å²) in [5.41, 5.74) is 6.51. The maximum atomic E-state index is 12.5. The number of aromatic nitrogens is 1. The van der Waals surface area contributed by atoms with Gasteiger partial charge in [0.25, 0.3) is 17.7 Å². The van der Waals surface area contributed by atoms with Crippen LogP contribution in [0.2, 0.25) is 0 Å². The van der Waals surface area contributed by atoms with E-state index in [1.807, 2.05) is 0 Å². The molecule has 0 saturated carbocycles. The molecule has 7 nitrogen and oxygen atoms in total. The number of imide groups is 1. The summed E-state index contributed by atoms with van der Waals surface area (Å²) in [5.74, 6) is -0.500. The van der Waals surface area contributed by atoms with E-state index < -0.39 is 5.91 Å². The van der Waals surface area contributed by atoms with Gasteiger partial charge in [-0.25, -0.2) is 4.90 Å². The molecule has 0 saturated heterocycles. The van der Waals surface area contributed by atoms with Crippen LogP contribution in [0.3, 0.4) is 0 Å². The summed E-state index contributed by atoms with van der Waals surface area (Å²) < 4.78 is 5.67. The molecular weight excluding hydrogens is 346 g/mol. The zero-order chi connectivity index (χ0) is 19.0. The third-order valence-corrected chi connectivity index (χ3v) is 4.11. The molecule has 4 rings (SSSR count). The van der Waals surface area contributed by atoms with E-state index in [9.17, 15) is 14.4 Å². The van der Waals surface area contributed by atoms with E-state index >= 15 is 0 Å². The fraction of sp³-hybridized carbons (Fsp3) is 0. The first-order valence-corrected chi connectivity index (χ1v) is 8.06. The van der Waals surface area contributed by atoms with E-state index in [1.165, 1.54) is 12.3 Å². The van der Waals surface area contributed by atoms with Gasteiger partial charge in [-0.05, 0) is 42.5 Å². The van der Waals surface area contributed by atoms with Crippen LogP contribution < -0.4 is 15.4 Å². The maximum absolute atomic E-state index is 12.5. The Morgan fingerprint density at radius 2 is 1.52 bits per heavy atom. The molecule has 0 atom stereocenters. The Kier molecular flexibility index (Phi) is 3.89. The van der Waals surface area contributed by atoms with Crippen molar-refractivity contribution in [1.29, 1.82) is 0 Å². The molecule has 1 aliphatic rings. The lowest BCUT2D eigenvalue weighted by molar-refractivity contribution is 0.0924. The number of fused-ring (bicyclic) bond motifs is 1. The van der Waals surface area contributed by atoms with Crippen molar-refractivity contribution in [3.05, 3.63) is 83.7 Å². The zero-order valence-electron chi connectivity index (χ0n) is 14.0. The number of nitrogens with two attached hydrogens (primary N) is 1. The Balaban J connectivity index is 1.57. The number of hydrogen-bond acceptors (Lipinski definition) is 5. The topological polar surface area (TPSA) is 103 Å². The number of carbonyl (C=O) groups excluding carboxylic acids is 3. The van der Waals surface area contributed by atoms with Gasteiger partial charge in [0.1, 0.15) is 17.2 Å². The van der Waals surface area contributed by atoms with E-state index in [2.05, 4.69) is 4.98 Å². The summed E-state index contributed by atoms with van der Waals surface area (Å²) in [6.45, 7) is 0. The highest BCUT2D eigenvalue weighted by Gasteiger charge is 2.36. The van der Waals surface area contributed by atoms with Crippen LogP contribution in [0.5, 0.6) is 11.5 Å². The number of primary amides is 1. The number of rotatable bonds is 4. The minimum atomic E-state index is -0.651. The predicted molar refractivity (Wildman–Crippen MR) is 96.9 cm³/mol. The van der Waals surface area contributed by atoms with Gasteiger partial charge in [0.2, 0.25) is 0 Å². The van der Waals surface area contributed by atoms with E-state index in [1.54, 1.807) is 54.6 Å². The second-order valence-electron chi connectivity index (χ2n) is 5.83. The summed E-state index contributed by atoms with van der Waals surface area (Å²) in [6, 6.07) is 16.2. The van der Waals surface area contributed by atoms with Gasteiger partial charge >= 0.3 is 0 Å². The first-order valence-electron chi connectivity index (χ1n) is 8.06. The molecule has 1 aliphatic heterocycles. The normalized spacial score (nSPS) is 12.8. The van der Waals surface area contributed by atoms with E-state index in [0.29, 0.717) is 28.3 Å². The first-order chi connectivity index (χ1) is 13.0. The minimum absolute atomic E-state index is 0.0927. The first kappa shape index (κ1) is 16.5. The minimum Gasteiger partial charge on any atom is -0.457 e. The molecule has 1 aromatic heterocycles. The van der Waals surface area contributed by atoms with Gasteiger partial charge < -0.3 is 10.5 Å². The van der Waals surface area contributed by atoms with Gasteiger partial charge in [0.15, 0.2) is 0 Å². The molecule has 3 aromatic rings. The number of ether oxygens (including phenoxy) is 1. The summed E-state index contributed by atoms with van der Waals surface area (Å²) in [5, 5.41) is 0. The quantitative estimate of drug-likeness (QED) is 0.722. The number of nitrogens with zero attached hydrogens (tertiary/aromatic N) is 2. The summed E-state index contributed by atoms with van der Waals surface area (Å²) in [4.78, 5) is 41.2. The van der Waals surface area contributed by atoms with Gasteiger partial charge in [-0.15, -0.1) is 0 Å². The summed E-state index contributed by atoms with van der Waals surface area (Å²) in [7, 11) is 0. The molecule has 7 heteroatoms. The predicted octanol–water partition coefficient (Wildman–Crippen LogP) is 2.77. The summed E-state index contributed by atoms with van der Waals surface area (Å²) in [6.07, 6.45) is 1.42. The van der Waals surface area contributed by atoms with Crippen molar-refractivity contribution >= 4 is 23.4 Å². The van der Waals surface area contributed by atoms with Crippen LogP contribution in [0.1, 0.15) is 31.2 Å². The Morgan fingerprint density at radius 1 is 0.889 bits per heavy atom. The molecule has 2 N–H and O–H groups in total. The maximum Gasteiger partial charge on any atom is 0.267 e. The Morgan fingerprint density at radius 3 is 2.11 bits per heavy atom. The summed E-state index contributed by atoms with van der Waals surface area (Å²) >= 11 is 0. The van der Waals surface area contributed by atoms with Gasteiger partial charge in [0.05, 0.1) is 16.8 Å². The Labute approximate surface area is 154 Å². The van der Waals surface area contributed by atoms with Crippen molar-refractivity contribution < 1.29 is 19.1 Å². The smallest absolute Gasteiger partial charge is 0.267 e. The molecule has 0 aliphatic carbocycles. The van der Waals surface area contributed by atoms with Crippen molar-refractivity contribution in [1.82, 2.24) is 4.98 Å². The van der Waals surface area contributed by atoms with Crippen molar-refractivity contribution in [3.8, 4) is 11.5 Å². The Bertz CT molecular complexity index is 1040. The average molecular weight is 359 g/mol. The molecule has 27 heavy (non-hydrogen) atoms. The van der Waals surface area contributed by atoms with Crippen molar-refractivity contribution in [2.24, 2.45) is 5.73 Å². The molecule has 0 fully saturated rings. The fourth-order valence-electron chi connectivity index (χ4n) is 2.83. The molecule has 0 spiro atoms. The average Bonchev–Trinajstić information content (AvgIpc) is 2.94. The number of anilines is 1. The van der Waals surface area contributed by atoms with Crippen LogP contribution in [0.4, 0.5) is 5.69 Å². The van der Waals surface area contributed by atoms with Crippen LogP contribution >= 0.6 is 0 Å². The highest BCUT2D eigenvalue weighted by Crippen LogP contribution is 2.30. The largest absolute Gasteiger partial charge is 0.457 e. The standard InChI is InChI=1S/C20H13N3O4/c21-18(24)17-11-14(9-10-22-17)27-13-7-5-12(6-8-13)23-19(25)15-3-1-2-4-16(15)20(23)26/h1-11H,(H2,21,24). The van der Waals surface area contributed by atoms with Gasteiger partial charge in [-0.3, -0.25) is 19.4 Å². The van der Waals surface area contributed by atoms with Gasteiger partial charge in [-0.1, -0.05) is 12.1 Å². The fourth-order valence-corrected chi connectivity index (χ4v) is 2.83. The zero-order valence-corrected chi connectivity index (χ0v) is 14.0. The lowest BCUT2D eigenvalue weighted by atomic mass is 10.1. The molecule has 0 bridgehead atoms. The lowest BCUT2D eigenvalue weighted by Crippen LogP contribution is -2.29. The van der Waals surface area contributed by atoms with Gasteiger partial charge in [-0.2, -0.15) is 0 Å². The van der Waals surface area contributed by atoms with Crippen molar-refractivity contribution in [2.45, 2.75) is 0 Å². The molecular formula is C20H13N3O4. The van der Waals surface area contributed by atoms with Crippen molar-refractivity contribution in [2.75, 3.05) is 4.90 Å². The molecule has 132 valence electrons. The van der Waals surface area contributed by atoms with Crippen LogP contribution in [0.25, 0.3) is 0 Å². The number of benzene rings is 2. The highest BCUT2D eigenvalue weighted by atomic mass is 16.5. The molecule has 0 radical (unpaired) electrons. The van der Waals surface area contributed by atoms with Crippen LogP contribution in [0.15, 0.2) is 66.9 Å². The van der Waals surface area contributed by atoms with Crippen LogP contribution in [-0.4, -0.2) is 22.7 Å². The van der Waals surface area contributed by atoms with E-state index in [-0.39, 0.29) is 17.5 Å². The molecule has 0 unspecified atom stereocenters. The number of pyridine rings is 1. The van der Waals surface area contributed by atoms with Crippen molar-refractivity contribution in [3.63, 3.8) is 0 Å². The second kappa shape index (κ2) is 6.38. The lowest BCUT2D eigenvalue weighted by Gasteiger charge is -2.14. The third kappa shape index (κ3) is 2.91. The van der Waals surface area contributed by atoms with Crippen LogP contribution in [-0.2, 0) is 0 Å². The SMILES string of the molecule is NC(=O)c1cc(Oc2ccc(N3C(=O)c4ccccc4C3=O)cc2)ccn1. The molecule has 2 heterocycles. The van der Waals surface area contributed by atoms with Gasteiger partial charge in [0, 0.05) is 12.3 Å². The van der Waals surface area contributed by atoms with E-state index in [4.69, 9.17) is 10.5 Å². The monoisotopic (exact) mass is 359 g/mol. The van der Waals surface area contributed by atoms with E-state index in [0.717, 1.165) is 4.90 Å². The Hall–Kier alpha value is -4.00. The number of hydrogen-bond donors (Lipinski definition) is 1. The molecule has 3 amide bonds. The number of amides is 3. The highest BCUT2D eigenvalue weighted by molar-refractivity contribution is 6.34. The third-order valence-electron chi connectivity index (χ3n) is 4.11. The molecule has 2 aromatic carbocycles. The second-order valence-corrected chi connectivity index (χ2v) is 5.83. The number of carbonyl (C=O) groups is 3. The van der Waals surface area contributed by atoms with Crippen LogP contribution in [0, 0.1) is 0 Å².